The zero-order valence-electron chi connectivity index (χ0n) is 15.9. The second-order valence-electron chi connectivity index (χ2n) is 5.92. The standard InChI is InChI=1S/C19H20N4S.C2H6/c1-14-15-7-3-5-9-17(15)23(21-14)13-19-20-16-8-4-6-10-18(16)22(19)11-12-24-2;1-2/h3-10H,11-13H2,1-2H3;1-2H3. The van der Waals surface area contributed by atoms with Gasteiger partial charge in [-0.2, -0.15) is 16.9 Å². The zero-order chi connectivity index (χ0) is 18.5. The van der Waals surface area contributed by atoms with E-state index in [-0.39, 0.29) is 0 Å². The summed E-state index contributed by atoms with van der Waals surface area (Å²) in [5.74, 6) is 2.14. The molecule has 0 amide bonds. The van der Waals surface area contributed by atoms with Gasteiger partial charge in [0.15, 0.2) is 0 Å². The number of hydrogen-bond donors (Lipinski definition) is 0. The number of para-hydroxylation sites is 3. The summed E-state index contributed by atoms with van der Waals surface area (Å²) < 4.78 is 4.40. The molecule has 0 bridgehead atoms. The average Bonchev–Trinajstić information content (AvgIpc) is 3.20. The van der Waals surface area contributed by atoms with Crippen molar-refractivity contribution in [2.24, 2.45) is 0 Å². The monoisotopic (exact) mass is 366 g/mol. The number of hydrogen-bond acceptors (Lipinski definition) is 3. The van der Waals surface area contributed by atoms with Crippen LogP contribution in [0.2, 0.25) is 0 Å². The predicted octanol–water partition coefficient (Wildman–Crippen LogP) is 5.13. The van der Waals surface area contributed by atoms with Crippen molar-refractivity contribution in [2.45, 2.75) is 33.9 Å². The van der Waals surface area contributed by atoms with Gasteiger partial charge in [0.2, 0.25) is 0 Å². The van der Waals surface area contributed by atoms with E-state index in [1.165, 1.54) is 16.4 Å². The van der Waals surface area contributed by atoms with E-state index in [1.807, 2.05) is 31.7 Å². The molecule has 0 N–H and O–H groups in total. The molecule has 0 saturated carbocycles. The van der Waals surface area contributed by atoms with Crippen LogP contribution >= 0.6 is 11.8 Å². The third-order valence-electron chi connectivity index (χ3n) is 4.39. The van der Waals surface area contributed by atoms with E-state index in [2.05, 4.69) is 64.9 Å². The van der Waals surface area contributed by atoms with E-state index in [0.717, 1.165) is 29.3 Å². The highest BCUT2D eigenvalue weighted by Crippen LogP contribution is 2.21. The van der Waals surface area contributed by atoms with Gasteiger partial charge in [-0.05, 0) is 31.4 Å². The maximum atomic E-state index is 4.87. The maximum Gasteiger partial charge on any atom is 0.131 e. The van der Waals surface area contributed by atoms with Crippen LogP contribution in [0.1, 0.15) is 25.4 Å². The fraction of sp³-hybridized carbons (Fsp3) is 0.333. The molecule has 0 spiro atoms. The van der Waals surface area contributed by atoms with Crippen LogP contribution in [0.4, 0.5) is 0 Å². The van der Waals surface area contributed by atoms with Gasteiger partial charge in [0, 0.05) is 17.7 Å². The van der Waals surface area contributed by atoms with E-state index >= 15 is 0 Å². The third kappa shape index (κ3) is 3.49. The summed E-state index contributed by atoms with van der Waals surface area (Å²) >= 11 is 1.86. The highest BCUT2D eigenvalue weighted by molar-refractivity contribution is 7.98. The lowest BCUT2D eigenvalue weighted by atomic mass is 10.2. The van der Waals surface area contributed by atoms with Gasteiger partial charge in [0.1, 0.15) is 5.82 Å². The van der Waals surface area contributed by atoms with Gasteiger partial charge in [-0.3, -0.25) is 4.68 Å². The van der Waals surface area contributed by atoms with E-state index < -0.39 is 0 Å². The Kier molecular flexibility index (Phi) is 5.99. The predicted molar refractivity (Wildman–Crippen MR) is 113 cm³/mol. The van der Waals surface area contributed by atoms with Crippen LogP contribution in [-0.4, -0.2) is 31.3 Å². The summed E-state index contributed by atoms with van der Waals surface area (Å²) in [6, 6.07) is 16.8. The largest absolute Gasteiger partial charge is 0.326 e. The Labute approximate surface area is 159 Å². The van der Waals surface area contributed by atoms with Gasteiger partial charge >= 0.3 is 0 Å². The third-order valence-corrected chi connectivity index (χ3v) is 4.98. The van der Waals surface area contributed by atoms with E-state index in [4.69, 9.17) is 10.1 Å². The number of thioether (sulfide) groups is 1. The fourth-order valence-corrected chi connectivity index (χ4v) is 3.59. The molecule has 0 radical (unpaired) electrons. The quantitative estimate of drug-likeness (QED) is 0.491. The molecule has 0 unspecified atom stereocenters. The number of fused-ring (bicyclic) bond motifs is 2. The first-order valence-electron chi connectivity index (χ1n) is 9.13. The SMILES string of the molecule is CC.CSCCn1c(Cn2nc(C)c3ccccc32)nc2ccccc21. The summed E-state index contributed by atoms with van der Waals surface area (Å²) in [4.78, 5) is 4.87. The molecule has 0 aliphatic heterocycles. The summed E-state index contributed by atoms with van der Waals surface area (Å²) in [6.45, 7) is 7.72. The van der Waals surface area contributed by atoms with E-state index in [0.29, 0.717) is 6.54 Å². The molecule has 0 saturated heterocycles. The van der Waals surface area contributed by atoms with Gasteiger partial charge in [0.25, 0.3) is 0 Å². The van der Waals surface area contributed by atoms with Crippen molar-refractivity contribution in [3.05, 3.63) is 60.0 Å². The van der Waals surface area contributed by atoms with E-state index in [1.54, 1.807) is 0 Å². The number of imidazole rings is 1. The second kappa shape index (κ2) is 8.41. The Hall–Kier alpha value is -2.27. The fourth-order valence-electron chi connectivity index (χ4n) is 3.23. The molecule has 2 heterocycles. The van der Waals surface area contributed by atoms with Crippen LogP contribution in [0.15, 0.2) is 48.5 Å². The minimum Gasteiger partial charge on any atom is -0.326 e. The number of aromatic nitrogens is 4. The Bertz CT molecular complexity index is 1000. The van der Waals surface area contributed by atoms with Crippen LogP contribution in [0.5, 0.6) is 0 Å². The molecule has 4 nitrogen and oxygen atoms in total. The summed E-state index contributed by atoms with van der Waals surface area (Å²) in [6.07, 6.45) is 2.14. The number of nitrogens with zero attached hydrogens (tertiary/aromatic N) is 4. The van der Waals surface area contributed by atoms with Crippen LogP contribution in [0.25, 0.3) is 21.9 Å². The topological polar surface area (TPSA) is 35.6 Å². The van der Waals surface area contributed by atoms with Crippen molar-refractivity contribution in [3.8, 4) is 0 Å². The number of benzene rings is 2. The average molecular weight is 367 g/mol. The first-order valence-corrected chi connectivity index (χ1v) is 10.5. The van der Waals surface area contributed by atoms with Crippen molar-refractivity contribution >= 4 is 33.7 Å². The molecule has 136 valence electrons. The molecule has 0 aliphatic carbocycles. The Morgan fingerprint density at radius 3 is 2.42 bits per heavy atom. The molecule has 5 heteroatoms. The molecule has 0 aliphatic rings. The first-order chi connectivity index (χ1) is 12.8. The Morgan fingerprint density at radius 1 is 0.962 bits per heavy atom. The molecule has 2 aromatic heterocycles. The van der Waals surface area contributed by atoms with Gasteiger partial charge in [0.05, 0.1) is 28.8 Å². The van der Waals surface area contributed by atoms with Crippen molar-refractivity contribution < 1.29 is 0 Å². The first kappa shape index (κ1) is 18.5. The maximum absolute atomic E-state index is 4.87. The van der Waals surface area contributed by atoms with Gasteiger partial charge in [-0.25, -0.2) is 4.98 Å². The lowest BCUT2D eigenvalue weighted by Gasteiger charge is -2.09. The lowest BCUT2D eigenvalue weighted by molar-refractivity contribution is 0.627. The van der Waals surface area contributed by atoms with Gasteiger partial charge < -0.3 is 4.57 Å². The van der Waals surface area contributed by atoms with Gasteiger partial charge in [-0.1, -0.05) is 44.2 Å². The lowest BCUT2D eigenvalue weighted by Crippen LogP contribution is -2.11. The Balaban J connectivity index is 0.000000948. The van der Waals surface area contributed by atoms with Crippen molar-refractivity contribution in [3.63, 3.8) is 0 Å². The highest BCUT2D eigenvalue weighted by atomic mass is 32.2. The normalized spacial score (nSPS) is 10.9. The molecule has 2 aromatic carbocycles. The summed E-state index contributed by atoms with van der Waals surface area (Å²) in [5, 5.41) is 5.95. The van der Waals surface area contributed by atoms with Crippen LogP contribution in [0.3, 0.4) is 0 Å². The molecular formula is C21H26N4S. The number of rotatable bonds is 5. The summed E-state index contributed by atoms with van der Waals surface area (Å²) in [5.41, 5.74) is 4.49. The van der Waals surface area contributed by atoms with Crippen LogP contribution in [-0.2, 0) is 13.1 Å². The van der Waals surface area contributed by atoms with Crippen LogP contribution < -0.4 is 0 Å². The molecule has 4 rings (SSSR count). The molecule has 4 aromatic rings. The minimum atomic E-state index is 0.692. The Morgan fingerprint density at radius 2 is 1.65 bits per heavy atom. The second-order valence-corrected chi connectivity index (χ2v) is 6.91. The molecule has 26 heavy (non-hydrogen) atoms. The van der Waals surface area contributed by atoms with Crippen molar-refractivity contribution in [2.75, 3.05) is 12.0 Å². The van der Waals surface area contributed by atoms with E-state index in [9.17, 15) is 0 Å². The minimum absolute atomic E-state index is 0.692. The van der Waals surface area contributed by atoms with Crippen molar-refractivity contribution in [1.82, 2.24) is 19.3 Å². The molecule has 0 fully saturated rings. The highest BCUT2D eigenvalue weighted by Gasteiger charge is 2.13. The molecule has 0 atom stereocenters. The van der Waals surface area contributed by atoms with Gasteiger partial charge in [-0.15, -0.1) is 0 Å². The zero-order valence-corrected chi connectivity index (χ0v) is 16.8. The molecular weight excluding hydrogens is 340 g/mol. The summed E-state index contributed by atoms with van der Waals surface area (Å²) in [7, 11) is 0. The van der Waals surface area contributed by atoms with Crippen molar-refractivity contribution in [1.29, 1.82) is 0 Å². The van der Waals surface area contributed by atoms with Crippen LogP contribution in [0, 0.1) is 6.92 Å². The number of aryl methyl sites for hydroxylation is 2. The smallest absolute Gasteiger partial charge is 0.131 e.